The molecular weight excluding hydrogens is 319 g/mol. The normalized spacial score (nSPS) is 17.5. The summed E-state index contributed by atoms with van der Waals surface area (Å²) in [6, 6.07) is 2.71. The molecule has 1 aromatic carbocycles. The fourth-order valence-electron chi connectivity index (χ4n) is 2.47. The minimum atomic E-state index is -0.486. The zero-order valence-corrected chi connectivity index (χ0v) is 12.4. The first kappa shape index (κ1) is 14.0. The third kappa shape index (κ3) is 3.12. The molecule has 1 aromatic rings. The van der Waals surface area contributed by atoms with Crippen LogP contribution in [0.2, 0.25) is 5.02 Å². The van der Waals surface area contributed by atoms with Crippen LogP contribution in [0.1, 0.15) is 48.9 Å². The van der Waals surface area contributed by atoms with E-state index in [-0.39, 0.29) is 17.3 Å². The summed E-state index contributed by atoms with van der Waals surface area (Å²) in [5, 5.41) is 0.383. The molecule has 0 spiro atoms. The first-order valence-corrected chi connectivity index (χ1v) is 7.45. The van der Waals surface area contributed by atoms with Crippen LogP contribution in [0.25, 0.3) is 0 Å². The fraction of sp³-hybridized carbons (Fsp3) is 0.500. The summed E-state index contributed by atoms with van der Waals surface area (Å²) in [4.78, 5) is 12.3. The van der Waals surface area contributed by atoms with Crippen molar-refractivity contribution in [1.29, 1.82) is 0 Å². The smallest absolute Gasteiger partial charge is 0.168 e. The summed E-state index contributed by atoms with van der Waals surface area (Å²) >= 11 is 9.09. The van der Waals surface area contributed by atoms with Gasteiger partial charge < -0.3 is 0 Å². The molecule has 98 valence electrons. The van der Waals surface area contributed by atoms with Crippen LogP contribution >= 0.6 is 27.5 Å². The van der Waals surface area contributed by atoms with Gasteiger partial charge in [0.05, 0.1) is 10.6 Å². The van der Waals surface area contributed by atoms with Crippen LogP contribution in [0, 0.1) is 11.7 Å². The maximum atomic E-state index is 13.8. The van der Waals surface area contributed by atoms with E-state index in [2.05, 4.69) is 15.9 Å². The number of rotatable bonds is 2. The third-order valence-corrected chi connectivity index (χ3v) is 4.70. The van der Waals surface area contributed by atoms with Gasteiger partial charge in [-0.05, 0) is 40.9 Å². The Balaban J connectivity index is 2.24. The summed E-state index contributed by atoms with van der Waals surface area (Å²) < 4.78 is 14.3. The second kappa shape index (κ2) is 6.16. The number of hydrogen-bond acceptors (Lipinski definition) is 1. The van der Waals surface area contributed by atoms with E-state index in [1.807, 2.05) is 0 Å². The molecule has 0 aromatic heterocycles. The van der Waals surface area contributed by atoms with Gasteiger partial charge in [0.2, 0.25) is 0 Å². The molecule has 4 heteroatoms. The van der Waals surface area contributed by atoms with E-state index in [1.165, 1.54) is 25.0 Å². The van der Waals surface area contributed by atoms with Crippen LogP contribution in [0.15, 0.2) is 16.6 Å². The van der Waals surface area contributed by atoms with Gasteiger partial charge in [-0.2, -0.15) is 0 Å². The summed E-state index contributed by atoms with van der Waals surface area (Å²) in [6.07, 6.45) is 6.20. The van der Waals surface area contributed by atoms with Crippen molar-refractivity contribution in [3.63, 3.8) is 0 Å². The van der Waals surface area contributed by atoms with E-state index in [0.29, 0.717) is 9.50 Å². The largest absolute Gasteiger partial charge is 0.294 e. The van der Waals surface area contributed by atoms with E-state index in [1.54, 1.807) is 0 Å². The first-order valence-electron chi connectivity index (χ1n) is 6.28. The Hall–Kier alpha value is -0.410. The molecule has 0 heterocycles. The summed E-state index contributed by atoms with van der Waals surface area (Å²) in [5.74, 6) is -0.622. The van der Waals surface area contributed by atoms with E-state index in [4.69, 9.17) is 11.6 Å². The Morgan fingerprint density at radius 3 is 2.44 bits per heavy atom. The van der Waals surface area contributed by atoms with Crippen molar-refractivity contribution in [2.45, 2.75) is 38.5 Å². The fourth-order valence-corrected chi connectivity index (χ4v) is 2.95. The maximum Gasteiger partial charge on any atom is 0.168 e. The van der Waals surface area contributed by atoms with Gasteiger partial charge in [-0.15, -0.1) is 0 Å². The molecule has 0 atom stereocenters. The lowest BCUT2D eigenvalue weighted by atomic mass is 9.91. The van der Waals surface area contributed by atoms with Crippen LogP contribution in [0.3, 0.4) is 0 Å². The van der Waals surface area contributed by atoms with Gasteiger partial charge in [0.25, 0.3) is 0 Å². The Bertz CT molecular complexity index is 453. The number of ketones is 1. The van der Waals surface area contributed by atoms with Crippen molar-refractivity contribution in [3.05, 3.63) is 33.0 Å². The van der Waals surface area contributed by atoms with Crippen LogP contribution in [0.4, 0.5) is 4.39 Å². The van der Waals surface area contributed by atoms with Gasteiger partial charge in [0.1, 0.15) is 5.82 Å². The maximum absolute atomic E-state index is 13.8. The molecule has 0 radical (unpaired) electrons. The molecule has 18 heavy (non-hydrogen) atoms. The predicted molar refractivity (Wildman–Crippen MR) is 74.6 cm³/mol. The average molecular weight is 334 g/mol. The molecule has 0 aliphatic heterocycles. The van der Waals surface area contributed by atoms with Crippen LogP contribution in [0.5, 0.6) is 0 Å². The lowest BCUT2D eigenvalue weighted by Crippen LogP contribution is -2.15. The molecule has 0 bridgehead atoms. The molecule has 0 unspecified atom stereocenters. The number of Topliss-reactive ketones (excluding diaryl/α,β-unsaturated/α-hetero) is 1. The highest BCUT2D eigenvalue weighted by Crippen LogP contribution is 2.30. The SMILES string of the molecule is O=C(c1cc(Cl)c(Br)cc1F)C1CCCCCC1. The minimum absolute atomic E-state index is 0.0424. The topological polar surface area (TPSA) is 17.1 Å². The lowest BCUT2D eigenvalue weighted by molar-refractivity contribution is 0.0903. The van der Waals surface area contributed by atoms with Crippen LogP contribution in [-0.2, 0) is 0 Å². The van der Waals surface area contributed by atoms with E-state index >= 15 is 0 Å². The highest BCUT2D eigenvalue weighted by atomic mass is 79.9. The van der Waals surface area contributed by atoms with Crippen molar-refractivity contribution < 1.29 is 9.18 Å². The van der Waals surface area contributed by atoms with Crippen LogP contribution < -0.4 is 0 Å². The highest BCUT2D eigenvalue weighted by Gasteiger charge is 2.24. The lowest BCUT2D eigenvalue weighted by Gasteiger charge is -2.13. The average Bonchev–Trinajstić information content (AvgIpc) is 2.61. The summed E-state index contributed by atoms with van der Waals surface area (Å²) in [5.41, 5.74) is 0.134. The molecular formula is C14H15BrClFO. The Morgan fingerprint density at radius 1 is 1.22 bits per heavy atom. The minimum Gasteiger partial charge on any atom is -0.294 e. The van der Waals surface area contributed by atoms with Gasteiger partial charge in [-0.1, -0.05) is 37.3 Å². The number of halogens is 3. The molecule has 2 rings (SSSR count). The predicted octanol–water partition coefficient (Wildman–Crippen LogP) is 5.39. The Morgan fingerprint density at radius 2 is 1.83 bits per heavy atom. The molecule has 0 amide bonds. The second-order valence-electron chi connectivity index (χ2n) is 4.80. The standard InChI is InChI=1S/C14H15BrClFO/c15-11-8-13(17)10(7-12(11)16)14(18)9-5-3-1-2-4-6-9/h7-9H,1-6H2. The van der Waals surface area contributed by atoms with E-state index in [9.17, 15) is 9.18 Å². The molecule has 1 aliphatic carbocycles. The van der Waals surface area contributed by atoms with E-state index in [0.717, 1.165) is 25.7 Å². The monoisotopic (exact) mass is 332 g/mol. The second-order valence-corrected chi connectivity index (χ2v) is 6.06. The zero-order valence-electron chi connectivity index (χ0n) is 10.0. The number of hydrogen-bond donors (Lipinski definition) is 0. The Labute approximate surface area is 120 Å². The number of carbonyl (C=O) groups is 1. The van der Waals surface area contributed by atoms with Crippen molar-refractivity contribution in [2.75, 3.05) is 0 Å². The van der Waals surface area contributed by atoms with Gasteiger partial charge in [-0.3, -0.25) is 4.79 Å². The molecule has 1 fully saturated rings. The molecule has 1 nitrogen and oxygen atoms in total. The third-order valence-electron chi connectivity index (χ3n) is 3.50. The summed E-state index contributed by atoms with van der Waals surface area (Å²) in [7, 11) is 0. The van der Waals surface area contributed by atoms with Gasteiger partial charge >= 0.3 is 0 Å². The van der Waals surface area contributed by atoms with Gasteiger partial charge in [-0.25, -0.2) is 4.39 Å². The number of benzene rings is 1. The first-order chi connectivity index (χ1) is 8.59. The Kier molecular flexibility index (Phi) is 4.79. The zero-order chi connectivity index (χ0) is 13.1. The van der Waals surface area contributed by atoms with Crippen LogP contribution in [-0.4, -0.2) is 5.78 Å². The number of carbonyl (C=O) groups excluding carboxylic acids is 1. The molecule has 0 saturated heterocycles. The molecule has 0 N–H and O–H groups in total. The molecule has 1 aliphatic rings. The van der Waals surface area contributed by atoms with Crippen molar-refractivity contribution >= 4 is 33.3 Å². The van der Waals surface area contributed by atoms with Gasteiger partial charge in [0.15, 0.2) is 5.78 Å². The highest BCUT2D eigenvalue weighted by molar-refractivity contribution is 9.10. The van der Waals surface area contributed by atoms with Crippen molar-refractivity contribution in [1.82, 2.24) is 0 Å². The summed E-state index contributed by atoms with van der Waals surface area (Å²) in [6.45, 7) is 0. The van der Waals surface area contributed by atoms with Crippen molar-refractivity contribution in [2.24, 2.45) is 5.92 Å². The molecule has 1 saturated carbocycles. The van der Waals surface area contributed by atoms with Crippen molar-refractivity contribution in [3.8, 4) is 0 Å². The quantitative estimate of drug-likeness (QED) is 0.402. The van der Waals surface area contributed by atoms with E-state index < -0.39 is 5.82 Å². The van der Waals surface area contributed by atoms with Gasteiger partial charge in [0, 0.05) is 10.4 Å².